The summed E-state index contributed by atoms with van der Waals surface area (Å²) < 4.78 is 5.75. The van der Waals surface area contributed by atoms with Gasteiger partial charge >= 0.3 is 0 Å². The fraction of sp³-hybridized carbons (Fsp3) is 0.214. The average Bonchev–Trinajstić information content (AvgIpc) is 2.48. The Kier molecular flexibility index (Phi) is 5.06. The fourth-order valence-electron chi connectivity index (χ4n) is 1.67. The molecular formula is C14H14BrN3O2. The quantitative estimate of drug-likeness (QED) is 0.909. The van der Waals surface area contributed by atoms with Crippen LogP contribution in [0.25, 0.3) is 0 Å². The number of aromatic nitrogens is 2. The van der Waals surface area contributed by atoms with Crippen LogP contribution in [-0.2, 0) is 6.42 Å². The molecule has 1 aromatic heterocycles. The van der Waals surface area contributed by atoms with Crippen molar-refractivity contribution in [2.24, 2.45) is 0 Å². The van der Waals surface area contributed by atoms with E-state index in [0.717, 1.165) is 17.7 Å². The van der Waals surface area contributed by atoms with Crippen LogP contribution in [0.1, 0.15) is 16.1 Å². The van der Waals surface area contributed by atoms with Crippen LogP contribution in [0, 0.1) is 0 Å². The van der Waals surface area contributed by atoms with Gasteiger partial charge in [0.2, 0.25) is 0 Å². The Morgan fingerprint density at radius 1 is 1.35 bits per heavy atom. The van der Waals surface area contributed by atoms with Crippen LogP contribution in [-0.4, -0.2) is 29.5 Å². The number of hydrogen-bond acceptors (Lipinski definition) is 4. The van der Waals surface area contributed by atoms with Gasteiger partial charge in [-0.05, 0) is 40.0 Å². The van der Waals surface area contributed by atoms with Gasteiger partial charge in [0.05, 0.1) is 19.5 Å². The van der Waals surface area contributed by atoms with Crippen molar-refractivity contribution in [2.75, 3.05) is 13.7 Å². The highest BCUT2D eigenvalue weighted by Crippen LogP contribution is 2.12. The second-order valence-corrected chi connectivity index (χ2v) is 4.89. The zero-order valence-electron chi connectivity index (χ0n) is 11.0. The summed E-state index contributed by atoms with van der Waals surface area (Å²) in [5.41, 5.74) is 1.41. The highest BCUT2D eigenvalue weighted by Gasteiger charge is 2.06. The third-order valence-corrected chi connectivity index (χ3v) is 3.10. The predicted octanol–water partition coefficient (Wildman–Crippen LogP) is 2.22. The van der Waals surface area contributed by atoms with E-state index in [0.29, 0.717) is 16.8 Å². The molecule has 2 rings (SSSR count). The minimum Gasteiger partial charge on any atom is -0.497 e. The summed E-state index contributed by atoms with van der Waals surface area (Å²) in [5, 5.41) is 2.81. The number of carbonyl (C=O) groups excluding carboxylic acids is 1. The topological polar surface area (TPSA) is 64.1 Å². The summed E-state index contributed by atoms with van der Waals surface area (Å²) in [6, 6.07) is 7.76. The number of nitrogens with one attached hydrogen (secondary N) is 1. The standard InChI is InChI=1S/C14H14BrN3O2/c1-20-11-4-2-3-10(7-11)5-6-16-14(19)12-8-18-13(15)9-17-12/h2-4,7-9H,5-6H2,1H3,(H,16,19). The lowest BCUT2D eigenvalue weighted by Crippen LogP contribution is -2.26. The molecular weight excluding hydrogens is 322 g/mol. The van der Waals surface area contributed by atoms with Crippen LogP contribution in [0.15, 0.2) is 41.3 Å². The monoisotopic (exact) mass is 335 g/mol. The van der Waals surface area contributed by atoms with Gasteiger partial charge in [-0.1, -0.05) is 12.1 Å². The van der Waals surface area contributed by atoms with E-state index in [2.05, 4.69) is 31.2 Å². The summed E-state index contributed by atoms with van der Waals surface area (Å²) in [5.74, 6) is 0.584. The molecule has 0 fully saturated rings. The molecule has 0 saturated heterocycles. The molecule has 0 aliphatic rings. The van der Waals surface area contributed by atoms with E-state index in [1.807, 2.05) is 24.3 Å². The molecule has 0 atom stereocenters. The minimum atomic E-state index is -0.229. The van der Waals surface area contributed by atoms with Crippen LogP contribution >= 0.6 is 15.9 Å². The molecule has 6 heteroatoms. The lowest BCUT2D eigenvalue weighted by molar-refractivity contribution is 0.0948. The van der Waals surface area contributed by atoms with Gasteiger partial charge in [0.25, 0.3) is 5.91 Å². The van der Waals surface area contributed by atoms with Gasteiger partial charge in [0.15, 0.2) is 0 Å². The molecule has 2 aromatic rings. The molecule has 20 heavy (non-hydrogen) atoms. The second-order valence-electron chi connectivity index (χ2n) is 4.08. The Labute approximate surface area is 125 Å². The zero-order valence-corrected chi connectivity index (χ0v) is 12.6. The summed E-state index contributed by atoms with van der Waals surface area (Å²) >= 11 is 3.17. The van der Waals surface area contributed by atoms with Crippen molar-refractivity contribution in [3.63, 3.8) is 0 Å². The Hall–Kier alpha value is -1.95. The summed E-state index contributed by atoms with van der Waals surface area (Å²) in [6.07, 6.45) is 3.66. The molecule has 5 nitrogen and oxygen atoms in total. The molecule has 0 unspecified atom stereocenters. The maximum atomic E-state index is 11.8. The normalized spacial score (nSPS) is 10.1. The molecule has 0 aliphatic carbocycles. The Morgan fingerprint density at radius 2 is 2.20 bits per heavy atom. The van der Waals surface area contributed by atoms with Crippen LogP contribution < -0.4 is 10.1 Å². The van der Waals surface area contributed by atoms with Crippen molar-refractivity contribution in [1.82, 2.24) is 15.3 Å². The number of rotatable bonds is 5. The van der Waals surface area contributed by atoms with E-state index >= 15 is 0 Å². The number of halogens is 1. The Bertz CT molecular complexity index is 587. The van der Waals surface area contributed by atoms with E-state index in [1.54, 1.807) is 7.11 Å². The molecule has 1 amide bonds. The van der Waals surface area contributed by atoms with Crippen LogP contribution in [0.3, 0.4) is 0 Å². The first-order valence-corrected chi connectivity index (χ1v) is 6.87. The predicted molar refractivity (Wildman–Crippen MR) is 78.8 cm³/mol. The largest absolute Gasteiger partial charge is 0.497 e. The molecule has 1 N–H and O–H groups in total. The number of nitrogens with zero attached hydrogens (tertiary/aromatic N) is 2. The number of hydrogen-bond donors (Lipinski definition) is 1. The van der Waals surface area contributed by atoms with Gasteiger partial charge in [-0.2, -0.15) is 0 Å². The molecule has 0 radical (unpaired) electrons. The number of methoxy groups -OCH3 is 1. The van der Waals surface area contributed by atoms with Crippen LogP contribution in [0.5, 0.6) is 5.75 Å². The first-order valence-electron chi connectivity index (χ1n) is 6.07. The van der Waals surface area contributed by atoms with E-state index < -0.39 is 0 Å². The van der Waals surface area contributed by atoms with Gasteiger partial charge in [-0.15, -0.1) is 0 Å². The molecule has 1 aromatic carbocycles. The maximum absolute atomic E-state index is 11.8. The van der Waals surface area contributed by atoms with Crippen molar-refractivity contribution in [3.05, 3.63) is 52.5 Å². The number of carbonyl (C=O) groups is 1. The lowest BCUT2D eigenvalue weighted by Gasteiger charge is -2.06. The van der Waals surface area contributed by atoms with E-state index in [-0.39, 0.29) is 5.91 Å². The van der Waals surface area contributed by atoms with E-state index in [4.69, 9.17) is 4.74 Å². The summed E-state index contributed by atoms with van der Waals surface area (Å²) in [4.78, 5) is 19.8. The van der Waals surface area contributed by atoms with Gasteiger partial charge in [0.1, 0.15) is 16.0 Å². The molecule has 0 bridgehead atoms. The molecule has 0 spiro atoms. The highest BCUT2D eigenvalue weighted by molar-refractivity contribution is 9.10. The van der Waals surface area contributed by atoms with E-state index in [9.17, 15) is 4.79 Å². The zero-order chi connectivity index (χ0) is 14.4. The van der Waals surface area contributed by atoms with Crippen molar-refractivity contribution < 1.29 is 9.53 Å². The summed E-state index contributed by atoms with van der Waals surface area (Å²) in [6.45, 7) is 0.531. The van der Waals surface area contributed by atoms with Crippen molar-refractivity contribution in [1.29, 1.82) is 0 Å². The fourth-order valence-corrected chi connectivity index (χ4v) is 1.87. The first-order chi connectivity index (χ1) is 9.69. The molecule has 104 valence electrons. The van der Waals surface area contributed by atoms with Gasteiger partial charge < -0.3 is 10.1 Å². The molecule has 0 aliphatic heterocycles. The highest BCUT2D eigenvalue weighted by atomic mass is 79.9. The third kappa shape index (κ3) is 4.03. The Morgan fingerprint density at radius 3 is 2.90 bits per heavy atom. The second kappa shape index (κ2) is 7.00. The smallest absolute Gasteiger partial charge is 0.271 e. The molecule has 0 saturated carbocycles. The first kappa shape index (κ1) is 14.5. The maximum Gasteiger partial charge on any atom is 0.271 e. The SMILES string of the molecule is COc1cccc(CCNC(=O)c2cnc(Br)cn2)c1. The minimum absolute atomic E-state index is 0.229. The number of ether oxygens (including phenoxy) is 1. The summed E-state index contributed by atoms with van der Waals surface area (Å²) in [7, 11) is 1.63. The van der Waals surface area contributed by atoms with Crippen molar-refractivity contribution in [2.45, 2.75) is 6.42 Å². The van der Waals surface area contributed by atoms with Crippen LogP contribution in [0.2, 0.25) is 0 Å². The lowest BCUT2D eigenvalue weighted by atomic mass is 10.1. The van der Waals surface area contributed by atoms with Gasteiger partial charge in [-0.3, -0.25) is 4.79 Å². The number of amides is 1. The van der Waals surface area contributed by atoms with Crippen molar-refractivity contribution >= 4 is 21.8 Å². The van der Waals surface area contributed by atoms with Crippen LogP contribution in [0.4, 0.5) is 0 Å². The third-order valence-electron chi connectivity index (χ3n) is 2.69. The average molecular weight is 336 g/mol. The molecule has 1 heterocycles. The van der Waals surface area contributed by atoms with E-state index in [1.165, 1.54) is 12.4 Å². The van der Waals surface area contributed by atoms with Gasteiger partial charge in [0, 0.05) is 6.54 Å². The number of benzene rings is 1. The Balaban J connectivity index is 1.86. The van der Waals surface area contributed by atoms with Crippen molar-refractivity contribution in [3.8, 4) is 5.75 Å². The van der Waals surface area contributed by atoms with Gasteiger partial charge in [-0.25, -0.2) is 9.97 Å².